The first kappa shape index (κ1) is 15.8. The molecular formula is C16H24FN3O. The quantitative estimate of drug-likeness (QED) is 0.839. The molecule has 116 valence electrons. The van der Waals surface area contributed by atoms with Gasteiger partial charge in [0, 0.05) is 0 Å². The summed E-state index contributed by atoms with van der Waals surface area (Å²) in [6, 6.07) is 3.98. The number of carbonyl (C=O) groups is 1. The smallest absolute Gasteiger partial charge is 0.238 e. The number of hydrogen-bond donors (Lipinski definition) is 2. The topological polar surface area (TPSA) is 58.4 Å². The number of rotatable bonds is 4. The van der Waals surface area contributed by atoms with Gasteiger partial charge in [-0.3, -0.25) is 9.69 Å². The first-order valence-corrected chi connectivity index (χ1v) is 7.49. The largest absolute Gasteiger partial charge is 0.397 e. The Morgan fingerprint density at radius 3 is 2.71 bits per heavy atom. The molecule has 1 aliphatic heterocycles. The number of piperidine rings is 1. The fourth-order valence-electron chi connectivity index (χ4n) is 2.63. The molecule has 1 fully saturated rings. The molecule has 0 saturated carbocycles. The number of hydrogen-bond acceptors (Lipinski definition) is 3. The number of amides is 1. The number of nitrogen functional groups attached to an aromatic ring is 1. The van der Waals surface area contributed by atoms with Gasteiger partial charge in [0.2, 0.25) is 5.91 Å². The van der Waals surface area contributed by atoms with Crippen LogP contribution in [0.15, 0.2) is 18.2 Å². The highest BCUT2D eigenvalue weighted by molar-refractivity contribution is 5.95. The number of nitrogens with zero attached hydrogens (tertiary/aromatic N) is 1. The van der Waals surface area contributed by atoms with Crippen molar-refractivity contribution in [2.75, 3.05) is 30.7 Å². The Morgan fingerprint density at radius 1 is 1.43 bits per heavy atom. The molecule has 21 heavy (non-hydrogen) atoms. The number of anilines is 2. The van der Waals surface area contributed by atoms with Gasteiger partial charge in [-0.15, -0.1) is 0 Å². The van der Waals surface area contributed by atoms with Crippen molar-refractivity contribution in [3.8, 4) is 0 Å². The average Bonchev–Trinajstić information content (AvgIpc) is 2.46. The zero-order valence-electron chi connectivity index (χ0n) is 12.8. The summed E-state index contributed by atoms with van der Waals surface area (Å²) in [6.45, 7) is 6.70. The molecule has 3 N–H and O–H groups in total. The second kappa shape index (κ2) is 6.43. The van der Waals surface area contributed by atoms with Crippen LogP contribution in [0.5, 0.6) is 0 Å². The Bertz CT molecular complexity index is 510. The first-order chi connectivity index (χ1) is 9.92. The number of nitrogens with one attached hydrogen (secondary N) is 1. The van der Waals surface area contributed by atoms with E-state index < -0.39 is 5.82 Å². The zero-order valence-corrected chi connectivity index (χ0v) is 12.8. The van der Waals surface area contributed by atoms with Crippen LogP contribution in [0.1, 0.15) is 33.1 Å². The van der Waals surface area contributed by atoms with Crippen molar-refractivity contribution in [2.24, 2.45) is 5.41 Å². The highest BCUT2D eigenvalue weighted by Gasteiger charge is 2.28. The maximum Gasteiger partial charge on any atom is 0.238 e. The molecule has 0 bridgehead atoms. The summed E-state index contributed by atoms with van der Waals surface area (Å²) in [5, 5.41) is 2.69. The van der Waals surface area contributed by atoms with Gasteiger partial charge in [-0.25, -0.2) is 4.39 Å². The number of carbonyl (C=O) groups excluding carboxylic acids is 1. The number of benzene rings is 1. The lowest BCUT2D eigenvalue weighted by molar-refractivity contribution is -0.117. The summed E-state index contributed by atoms with van der Waals surface area (Å²) in [4.78, 5) is 14.2. The minimum atomic E-state index is -0.406. The van der Waals surface area contributed by atoms with Crippen molar-refractivity contribution in [1.82, 2.24) is 4.90 Å². The van der Waals surface area contributed by atoms with Gasteiger partial charge in [0.15, 0.2) is 0 Å². The molecule has 1 saturated heterocycles. The molecule has 4 nitrogen and oxygen atoms in total. The maximum atomic E-state index is 13.2. The van der Waals surface area contributed by atoms with E-state index in [0.29, 0.717) is 23.3 Å². The van der Waals surface area contributed by atoms with Gasteiger partial charge in [0.05, 0.1) is 17.9 Å². The lowest BCUT2D eigenvalue weighted by Crippen LogP contribution is -2.42. The Morgan fingerprint density at radius 2 is 2.10 bits per heavy atom. The third kappa shape index (κ3) is 4.17. The molecule has 0 radical (unpaired) electrons. The molecule has 0 aliphatic carbocycles. The van der Waals surface area contributed by atoms with E-state index in [9.17, 15) is 9.18 Å². The van der Waals surface area contributed by atoms with Crippen LogP contribution in [0.2, 0.25) is 0 Å². The predicted molar refractivity (Wildman–Crippen MR) is 83.5 cm³/mol. The normalized spacial score (nSPS) is 18.4. The van der Waals surface area contributed by atoms with Gasteiger partial charge in [-0.2, -0.15) is 0 Å². The van der Waals surface area contributed by atoms with Crippen molar-refractivity contribution in [2.45, 2.75) is 33.1 Å². The molecule has 0 unspecified atom stereocenters. The Kier molecular flexibility index (Phi) is 4.83. The van der Waals surface area contributed by atoms with E-state index in [1.165, 1.54) is 24.6 Å². The van der Waals surface area contributed by atoms with Gasteiger partial charge in [0.1, 0.15) is 5.82 Å². The molecule has 1 aliphatic rings. The zero-order chi connectivity index (χ0) is 15.5. The summed E-state index contributed by atoms with van der Waals surface area (Å²) < 4.78 is 13.2. The van der Waals surface area contributed by atoms with Crippen LogP contribution in [-0.4, -0.2) is 30.4 Å². The summed E-state index contributed by atoms with van der Waals surface area (Å²) in [6.07, 6.45) is 3.39. The maximum absolute atomic E-state index is 13.2. The third-order valence-electron chi connectivity index (χ3n) is 4.57. The molecule has 1 amide bonds. The van der Waals surface area contributed by atoms with Crippen LogP contribution < -0.4 is 11.1 Å². The van der Waals surface area contributed by atoms with E-state index in [4.69, 9.17) is 5.73 Å². The van der Waals surface area contributed by atoms with E-state index in [1.807, 2.05) is 0 Å². The lowest BCUT2D eigenvalue weighted by atomic mass is 9.78. The first-order valence-electron chi connectivity index (χ1n) is 7.49. The molecule has 0 aromatic heterocycles. The van der Waals surface area contributed by atoms with Crippen LogP contribution in [-0.2, 0) is 4.79 Å². The van der Waals surface area contributed by atoms with Crippen LogP contribution >= 0.6 is 0 Å². The molecule has 2 rings (SSSR count). The van der Waals surface area contributed by atoms with Crippen LogP contribution in [0, 0.1) is 11.2 Å². The van der Waals surface area contributed by atoms with Crippen molar-refractivity contribution >= 4 is 17.3 Å². The minimum Gasteiger partial charge on any atom is -0.397 e. The fourth-order valence-corrected chi connectivity index (χ4v) is 2.63. The fraction of sp³-hybridized carbons (Fsp3) is 0.562. The van der Waals surface area contributed by atoms with E-state index in [0.717, 1.165) is 25.9 Å². The summed E-state index contributed by atoms with van der Waals surface area (Å²) in [5.74, 6) is -0.552. The summed E-state index contributed by atoms with van der Waals surface area (Å²) in [7, 11) is 0. The molecule has 1 aromatic rings. The molecule has 1 heterocycles. The third-order valence-corrected chi connectivity index (χ3v) is 4.57. The van der Waals surface area contributed by atoms with Gasteiger partial charge in [-0.05, 0) is 49.5 Å². The number of halogens is 1. The van der Waals surface area contributed by atoms with Gasteiger partial charge in [-0.1, -0.05) is 20.3 Å². The summed E-state index contributed by atoms with van der Waals surface area (Å²) >= 11 is 0. The van der Waals surface area contributed by atoms with Crippen molar-refractivity contribution in [3.05, 3.63) is 24.0 Å². The highest BCUT2D eigenvalue weighted by atomic mass is 19.1. The van der Waals surface area contributed by atoms with Gasteiger partial charge >= 0.3 is 0 Å². The van der Waals surface area contributed by atoms with Crippen molar-refractivity contribution < 1.29 is 9.18 Å². The van der Waals surface area contributed by atoms with E-state index in [2.05, 4.69) is 24.1 Å². The van der Waals surface area contributed by atoms with Gasteiger partial charge in [0.25, 0.3) is 0 Å². The van der Waals surface area contributed by atoms with Gasteiger partial charge < -0.3 is 11.1 Å². The predicted octanol–water partition coefficient (Wildman–Crippen LogP) is 2.86. The second-order valence-electron chi connectivity index (χ2n) is 6.22. The van der Waals surface area contributed by atoms with Crippen LogP contribution in [0.4, 0.5) is 15.8 Å². The SMILES string of the molecule is CCC1(C)CCN(CC(=O)Nc2cc(F)ccc2N)CC1. The Hall–Kier alpha value is -1.62. The highest BCUT2D eigenvalue weighted by Crippen LogP contribution is 2.33. The monoisotopic (exact) mass is 293 g/mol. The minimum absolute atomic E-state index is 0.146. The summed E-state index contributed by atoms with van der Waals surface area (Å²) in [5.41, 5.74) is 6.85. The number of nitrogens with two attached hydrogens (primary N) is 1. The van der Waals surface area contributed by atoms with Crippen LogP contribution in [0.25, 0.3) is 0 Å². The number of likely N-dealkylation sites (tertiary alicyclic amines) is 1. The molecule has 0 atom stereocenters. The van der Waals surface area contributed by atoms with E-state index in [-0.39, 0.29) is 5.91 Å². The molecule has 0 spiro atoms. The molecular weight excluding hydrogens is 269 g/mol. The van der Waals surface area contributed by atoms with E-state index in [1.54, 1.807) is 0 Å². The van der Waals surface area contributed by atoms with Crippen molar-refractivity contribution in [3.63, 3.8) is 0 Å². The Balaban J connectivity index is 1.87. The average molecular weight is 293 g/mol. The molecule has 5 heteroatoms. The van der Waals surface area contributed by atoms with Crippen LogP contribution in [0.3, 0.4) is 0 Å². The Labute approximate surface area is 125 Å². The molecule has 1 aromatic carbocycles. The standard InChI is InChI=1S/C16H24FN3O/c1-3-16(2)6-8-20(9-7-16)11-15(21)19-14-10-12(17)4-5-13(14)18/h4-5,10H,3,6-9,11,18H2,1-2H3,(H,19,21). The van der Waals surface area contributed by atoms with Crippen molar-refractivity contribution in [1.29, 1.82) is 0 Å². The van der Waals surface area contributed by atoms with E-state index >= 15 is 0 Å². The lowest BCUT2D eigenvalue weighted by Gasteiger charge is -2.38. The second-order valence-corrected chi connectivity index (χ2v) is 6.22.